The van der Waals surface area contributed by atoms with Crippen molar-refractivity contribution in [3.8, 4) is 0 Å². The van der Waals surface area contributed by atoms with Crippen LogP contribution in [0.4, 0.5) is 5.95 Å². The van der Waals surface area contributed by atoms with Crippen molar-refractivity contribution in [2.45, 2.75) is 32.4 Å². The van der Waals surface area contributed by atoms with Gasteiger partial charge in [0.05, 0.1) is 6.61 Å². The maximum atomic E-state index is 5.14. The molecule has 1 aliphatic rings. The second-order valence-corrected chi connectivity index (χ2v) is 4.59. The number of nitrogens with zero attached hydrogens (tertiary/aromatic N) is 3. The van der Waals surface area contributed by atoms with E-state index in [4.69, 9.17) is 4.74 Å². The third-order valence-corrected chi connectivity index (χ3v) is 3.05. The Morgan fingerprint density at radius 3 is 2.67 bits per heavy atom. The Bertz CT molecular complexity index is 351. The lowest BCUT2D eigenvalue weighted by atomic mass is 10.3. The summed E-state index contributed by atoms with van der Waals surface area (Å²) < 4.78 is 5.14. The number of nitrogens with one attached hydrogen (secondary N) is 1. The van der Waals surface area contributed by atoms with Crippen LogP contribution in [0.5, 0.6) is 0 Å². The lowest BCUT2D eigenvalue weighted by Gasteiger charge is -2.21. The van der Waals surface area contributed by atoms with Gasteiger partial charge in [0.25, 0.3) is 0 Å². The molecule has 0 amide bonds. The van der Waals surface area contributed by atoms with E-state index in [2.05, 4.69) is 27.1 Å². The van der Waals surface area contributed by atoms with Gasteiger partial charge in [0.15, 0.2) is 0 Å². The fourth-order valence-corrected chi connectivity index (χ4v) is 1.88. The topological polar surface area (TPSA) is 50.3 Å². The van der Waals surface area contributed by atoms with Crippen molar-refractivity contribution in [3.63, 3.8) is 0 Å². The van der Waals surface area contributed by atoms with Crippen molar-refractivity contribution in [2.75, 3.05) is 31.7 Å². The van der Waals surface area contributed by atoms with Crippen molar-refractivity contribution in [1.82, 2.24) is 15.3 Å². The van der Waals surface area contributed by atoms with Crippen LogP contribution < -0.4 is 10.2 Å². The van der Waals surface area contributed by atoms with Gasteiger partial charge in [-0.15, -0.1) is 0 Å². The molecule has 0 radical (unpaired) electrons. The zero-order valence-corrected chi connectivity index (χ0v) is 11.2. The number of hydrogen-bond acceptors (Lipinski definition) is 5. The quantitative estimate of drug-likeness (QED) is 0.751. The van der Waals surface area contributed by atoms with Gasteiger partial charge in [-0.25, -0.2) is 9.97 Å². The summed E-state index contributed by atoms with van der Waals surface area (Å²) in [7, 11) is 1.73. The van der Waals surface area contributed by atoms with Crippen molar-refractivity contribution < 1.29 is 4.74 Å². The van der Waals surface area contributed by atoms with Crippen LogP contribution in [0.2, 0.25) is 0 Å². The summed E-state index contributed by atoms with van der Waals surface area (Å²) in [5.41, 5.74) is 1.13. The Balaban J connectivity index is 1.96. The highest BCUT2D eigenvalue weighted by Crippen LogP contribution is 2.29. The molecular weight excluding hydrogens is 228 g/mol. The Morgan fingerprint density at radius 1 is 1.39 bits per heavy atom. The minimum absolute atomic E-state index is 0.611. The highest BCUT2D eigenvalue weighted by molar-refractivity contribution is 5.34. The first-order valence-electron chi connectivity index (χ1n) is 6.62. The molecule has 1 aromatic heterocycles. The standard InChI is InChI=1S/C13H22N4O/c1-3-14-8-11-9-15-13(16-10-11)17(6-7-18-2)12-4-5-12/h9-10,12,14H,3-8H2,1-2H3. The molecule has 1 aliphatic carbocycles. The van der Waals surface area contributed by atoms with E-state index in [1.807, 2.05) is 12.4 Å². The van der Waals surface area contributed by atoms with Gasteiger partial charge in [0.1, 0.15) is 0 Å². The number of methoxy groups -OCH3 is 1. The maximum absolute atomic E-state index is 5.14. The molecule has 0 bridgehead atoms. The smallest absolute Gasteiger partial charge is 0.225 e. The SMILES string of the molecule is CCNCc1cnc(N(CCOC)C2CC2)nc1. The van der Waals surface area contributed by atoms with Crippen molar-refractivity contribution >= 4 is 5.95 Å². The fourth-order valence-electron chi connectivity index (χ4n) is 1.88. The molecule has 0 saturated heterocycles. The zero-order valence-electron chi connectivity index (χ0n) is 11.2. The van der Waals surface area contributed by atoms with Crippen LogP contribution >= 0.6 is 0 Å². The first-order valence-corrected chi connectivity index (χ1v) is 6.62. The number of hydrogen-bond donors (Lipinski definition) is 1. The average molecular weight is 250 g/mol. The molecule has 5 nitrogen and oxygen atoms in total. The summed E-state index contributed by atoms with van der Waals surface area (Å²) in [5, 5.41) is 3.27. The molecule has 0 atom stereocenters. The van der Waals surface area contributed by atoms with Gasteiger partial charge in [-0.3, -0.25) is 0 Å². The second kappa shape index (κ2) is 6.66. The van der Waals surface area contributed by atoms with E-state index >= 15 is 0 Å². The van der Waals surface area contributed by atoms with E-state index in [0.717, 1.165) is 37.8 Å². The minimum Gasteiger partial charge on any atom is -0.383 e. The molecule has 2 rings (SSSR count). The minimum atomic E-state index is 0.611. The highest BCUT2D eigenvalue weighted by Gasteiger charge is 2.30. The van der Waals surface area contributed by atoms with Gasteiger partial charge < -0.3 is 15.0 Å². The van der Waals surface area contributed by atoms with Gasteiger partial charge in [-0.1, -0.05) is 6.92 Å². The fraction of sp³-hybridized carbons (Fsp3) is 0.692. The lowest BCUT2D eigenvalue weighted by Crippen LogP contribution is -2.31. The van der Waals surface area contributed by atoms with Crippen molar-refractivity contribution in [3.05, 3.63) is 18.0 Å². The van der Waals surface area contributed by atoms with Crippen LogP contribution in [0.1, 0.15) is 25.3 Å². The molecule has 18 heavy (non-hydrogen) atoms. The van der Waals surface area contributed by atoms with Crippen LogP contribution in [0.15, 0.2) is 12.4 Å². The first-order chi connectivity index (χ1) is 8.85. The van der Waals surface area contributed by atoms with Crippen molar-refractivity contribution in [2.24, 2.45) is 0 Å². The molecule has 0 unspecified atom stereocenters. The molecule has 1 heterocycles. The van der Waals surface area contributed by atoms with Gasteiger partial charge in [0.2, 0.25) is 5.95 Å². The number of aromatic nitrogens is 2. The molecule has 1 aromatic rings. The summed E-state index contributed by atoms with van der Waals surface area (Å²) in [6.07, 6.45) is 6.30. The summed E-state index contributed by atoms with van der Waals surface area (Å²) >= 11 is 0. The summed E-state index contributed by atoms with van der Waals surface area (Å²) in [6, 6.07) is 0.611. The largest absolute Gasteiger partial charge is 0.383 e. The third kappa shape index (κ3) is 3.65. The predicted octanol–water partition coefficient (Wildman–Crippen LogP) is 1.20. The monoisotopic (exact) mass is 250 g/mol. The van der Waals surface area contributed by atoms with Crippen molar-refractivity contribution in [1.29, 1.82) is 0 Å². The zero-order chi connectivity index (χ0) is 12.8. The lowest BCUT2D eigenvalue weighted by molar-refractivity contribution is 0.204. The Labute approximate surface area is 109 Å². The van der Waals surface area contributed by atoms with Gasteiger partial charge in [-0.05, 0) is 19.4 Å². The number of ether oxygens (including phenoxy) is 1. The molecular formula is C13H22N4O. The molecule has 0 spiro atoms. The number of rotatable bonds is 8. The van der Waals surface area contributed by atoms with E-state index in [-0.39, 0.29) is 0 Å². The van der Waals surface area contributed by atoms with Crippen LogP contribution in [-0.4, -0.2) is 42.8 Å². The maximum Gasteiger partial charge on any atom is 0.225 e. The third-order valence-electron chi connectivity index (χ3n) is 3.05. The predicted molar refractivity (Wildman–Crippen MR) is 71.7 cm³/mol. The highest BCUT2D eigenvalue weighted by atomic mass is 16.5. The molecule has 1 fully saturated rings. The Hall–Kier alpha value is -1.20. The molecule has 5 heteroatoms. The molecule has 0 aromatic carbocycles. The van der Waals surface area contributed by atoms with Gasteiger partial charge in [-0.2, -0.15) is 0 Å². The van der Waals surface area contributed by atoms with Crippen LogP contribution in [0.3, 0.4) is 0 Å². The molecule has 1 N–H and O–H groups in total. The molecule has 0 aliphatic heterocycles. The molecule has 1 saturated carbocycles. The Kier molecular flexibility index (Phi) is 4.90. The van der Waals surface area contributed by atoms with Crippen LogP contribution in [0, 0.1) is 0 Å². The van der Waals surface area contributed by atoms with Crippen LogP contribution in [0.25, 0.3) is 0 Å². The van der Waals surface area contributed by atoms with E-state index in [1.54, 1.807) is 7.11 Å². The Morgan fingerprint density at radius 2 is 2.11 bits per heavy atom. The second-order valence-electron chi connectivity index (χ2n) is 4.59. The summed E-state index contributed by atoms with van der Waals surface area (Å²) in [6.45, 7) is 5.48. The van der Waals surface area contributed by atoms with E-state index in [9.17, 15) is 0 Å². The summed E-state index contributed by atoms with van der Waals surface area (Å²) in [4.78, 5) is 11.2. The van der Waals surface area contributed by atoms with Gasteiger partial charge in [0, 0.05) is 44.2 Å². The number of anilines is 1. The average Bonchev–Trinajstić information content (AvgIpc) is 3.23. The van der Waals surface area contributed by atoms with E-state index < -0.39 is 0 Å². The summed E-state index contributed by atoms with van der Waals surface area (Å²) in [5.74, 6) is 0.829. The van der Waals surface area contributed by atoms with Crippen LogP contribution in [-0.2, 0) is 11.3 Å². The normalized spacial score (nSPS) is 14.8. The van der Waals surface area contributed by atoms with E-state index in [0.29, 0.717) is 6.04 Å². The molecule has 100 valence electrons. The van der Waals surface area contributed by atoms with E-state index in [1.165, 1.54) is 12.8 Å². The van der Waals surface area contributed by atoms with Gasteiger partial charge >= 0.3 is 0 Å². The first kappa shape index (κ1) is 13.2.